The average molecular weight is 307 g/mol. The molecule has 0 saturated carbocycles. The van der Waals surface area contributed by atoms with Gasteiger partial charge in [-0.2, -0.15) is 26.3 Å². The second kappa shape index (κ2) is 6.54. The molecule has 0 atom stereocenters. The van der Waals surface area contributed by atoms with Gasteiger partial charge in [-0.3, -0.25) is 0 Å². The van der Waals surface area contributed by atoms with Gasteiger partial charge in [-0.15, -0.1) is 0 Å². The maximum atomic E-state index is 10.7. The van der Waals surface area contributed by atoms with Crippen LogP contribution in [0, 0.1) is 0 Å². The van der Waals surface area contributed by atoms with Crippen LogP contribution in [0.4, 0.5) is 26.3 Å². The van der Waals surface area contributed by atoms with Gasteiger partial charge in [0.25, 0.3) is 0 Å². The maximum absolute atomic E-state index is 10.7. The van der Waals surface area contributed by atoms with Crippen molar-refractivity contribution in [1.82, 2.24) is 0 Å². The molecule has 5 nitrogen and oxygen atoms in total. The van der Waals surface area contributed by atoms with Crippen molar-refractivity contribution in [2.24, 2.45) is 0 Å². The molecular weight excluding hydrogens is 307 g/mol. The van der Waals surface area contributed by atoms with Crippen molar-refractivity contribution in [1.29, 1.82) is 0 Å². The Balaban J connectivity index is -0.000000200. The summed E-state index contributed by atoms with van der Waals surface area (Å²) in [6.45, 7) is 0. The van der Waals surface area contributed by atoms with E-state index in [1.54, 1.807) is 0 Å². The first kappa shape index (κ1) is 21.2. The number of hydrogen-bond acceptors (Lipinski definition) is 5. The van der Waals surface area contributed by atoms with Gasteiger partial charge < -0.3 is 14.5 Å². The van der Waals surface area contributed by atoms with Crippen molar-refractivity contribution < 1.29 is 75.1 Å². The SMILES string of the molecule is O=C([O-])C(F)(F)F.O=S(=O)([O-])C(F)(F)F.[Sc]. The zero-order valence-corrected chi connectivity index (χ0v) is 9.41. The van der Waals surface area contributed by atoms with Crippen molar-refractivity contribution in [2.75, 3.05) is 0 Å². The Bertz CT molecular complexity index is 316. The smallest absolute Gasteiger partial charge is 0.485 e. The predicted octanol–water partition coefficient (Wildman–Crippen LogP) is -0.653. The molecular formula is C3F6O5SSc-2. The van der Waals surface area contributed by atoms with Gasteiger partial charge in [0.05, 0.1) is 0 Å². The van der Waals surface area contributed by atoms with Crippen molar-refractivity contribution in [3.8, 4) is 0 Å². The van der Waals surface area contributed by atoms with Crippen molar-refractivity contribution in [3.63, 3.8) is 0 Å². The van der Waals surface area contributed by atoms with Gasteiger partial charge in [0.15, 0.2) is 10.1 Å². The molecule has 0 bridgehead atoms. The van der Waals surface area contributed by atoms with Gasteiger partial charge in [0.1, 0.15) is 5.97 Å². The van der Waals surface area contributed by atoms with Crippen LogP contribution in [0.5, 0.6) is 0 Å². The molecule has 0 saturated heterocycles. The molecule has 0 aliphatic rings. The fourth-order valence-electron chi connectivity index (χ4n) is 0. The van der Waals surface area contributed by atoms with Crippen LogP contribution in [0.3, 0.4) is 0 Å². The minimum Gasteiger partial charge on any atom is -0.741 e. The van der Waals surface area contributed by atoms with E-state index in [1.165, 1.54) is 0 Å². The number of aliphatic carboxylic acids is 1. The number of halogens is 6. The molecule has 0 unspecified atom stereocenters. The summed E-state index contributed by atoms with van der Waals surface area (Å²) in [6, 6.07) is 0. The monoisotopic (exact) mass is 307 g/mol. The minimum atomic E-state index is -6.09. The molecule has 0 aliphatic heterocycles. The average Bonchev–Trinajstić information content (AvgIpc) is 1.80. The third-order valence-corrected chi connectivity index (χ3v) is 1.08. The second-order valence-electron chi connectivity index (χ2n) is 1.69. The predicted molar refractivity (Wildman–Crippen MR) is 26.8 cm³/mol. The summed E-state index contributed by atoms with van der Waals surface area (Å²) in [5.74, 6) is -3.01. The molecule has 95 valence electrons. The van der Waals surface area contributed by atoms with Crippen molar-refractivity contribution in [2.45, 2.75) is 11.7 Å². The second-order valence-corrected chi connectivity index (χ2v) is 3.06. The molecule has 0 amide bonds. The van der Waals surface area contributed by atoms with Gasteiger partial charge in [-0.25, -0.2) is 8.42 Å². The number of alkyl halides is 6. The molecule has 0 rings (SSSR count). The molecule has 0 aromatic carbocycles. The van der Waals surface area contributed by atoms with Gasteiger partial charge in [-0.1, -0.05) is 0 Å². The number of carbonyl (C=O) groups excluding carboxylic acids is 1. The van der Waals surface area contributed by atoms with Crippen LogP contribution in [0.15, 0.2) is 0 Å². The quantitative estimate of drug-likeness (QED) is 0.336. The molecule has 1 radical (unpaired) electrons. The summed E-state index contributed by atoms with van der Waals surface area (Å²) in [5.41, 5.74) is -5.65. The first-order valence-electron chi connectivity index (χ1n) is 2.50. The largest absolute Gasteiger partial charge is 0.741 e. The van der Waals surface area contributed by atoms with E-state index >= 15 is 0 Å². The molecule has 16 heavy (non-hydrogen) atoms. The van der Waals surface area contributed by atoms with Crippen LogP contribution in [-0.4, -0.2) is 30.6 Å². The molecule has 0 heterocycles. The van der Waals surface area contributed by atoms with Crippen LogP contribution in [-0.2, 0) is 40.8 Å². The topological polar surface area (TPSA) is 97.3 Å². The number of carboxylic acids is 1. The fraction of sp³-hybridized carbons (Fsp3) is 0.667. The fourth-order valence-corrected chi connectivity index (χ4v) is 0. The van der Waals surface area contributed by atoms with E-state index in [0.717, 1.165) is 0 Å². The van der Waals surface area contributed by atoms with Crippen LogP contribution >= 0.6 is 0 Å². The third kappa shape index (κ3) is 10.4. The molecule has 0 spiro atoms. The van der Waals surface area contributed by atoms with Crippen molar-refractivity contribution >= 4 is 16.1 Å². The molecule has 0 aromatic rings. The van der Waals surface area contributed by atoms with Crippen LogP contribution in [0.1, 0.15) is 0 Å². The van der Waals surface area contributed by atoms with Crippen LogP contribution in [0.25, 0.3) is 0 Å². The number of carboxylic acid groups (broad SMARTS) is 1. The Morgan fingerprint density at radius 1 is 1.00 bits per heavy atom. The van der Waals surface area contributed by atoms with Crippen LogP contribution in [0.2, 0.25) is 0 Å². The molecule has 13 heteroatoms. The number of carbonyl (C=O) groups is 1. The first-order valence-corrected chi connectivity index (χ1v) is 3.90. The summed E-state index contributed by atoms with van der Waals surface area (Å²) in [5, 5.41) is 8.78. The molecule has 0 fully saturated rings. The van der Waals surface area contributed by atoms with Crippen molar-refractivity contribution in [3.05, 3.63) is 0 Å². The standard InChI is InChI=1S/C2HF3O2.CHF3O3S.Sc/c3-2(4,5)1(6)7;2-1(3,4)8(5,6)7;/h(H,6,7);(H,5,6,7);/p-2. The first-order chi connectivity index (χ1) is 6.19. The van der Waals surface area contributed by atoms with Gasteiger partial charge in [0.2, 0.25) is 0 Å². The normalized spacial score (nSPS) is 11.9. The summed E-state index contributed by atoms with van der Waals surface area (Å²) >= 11 is 0. The number of hydrogen-bond donors (Lipinski definition) is 0. The van der Waals surface area contributed by atoms with E-state index in [9.17, 15) is 26.3 Å². The maximum Gasteiger partial charge on any atom is 0.485 e. The summed E-state index contributed by atoms with van der Waals surface area (Å²) in [4.78, 5) is 8.78. The Kier molecular flexibility index (Phi) is 8.64. The summed E-state index contributed by atoms with van der Waals surface area (Å²) in [7, 11) is -6.09. The Morgan fingerprint density at radius 3 is 1.12 bits per heavy atom. The molecule has 0 aliphatic carbocycles. The molecule has 0 N–H and O–H groups in total. The Labute approximate surface area is 103 Å². The Hall–Kier alpha value is -0.170. The third-order valence-electron chi connectivity index (χ3n) is 0.515. The van der Waals surface area contributed by atoms with E-state index in [0.29, 0.717) is 0 Å². The van der Waals surface area contributed by atoms with E-state index in [4.69, 9.17) is 22.9 Å². The van der Waals surface area contributed by atoms with Gasteiger partial charge in [-0.05, 0) is 0 Å². The zero-order chi connectivity index (χ0) is 13.1. The zero-order valence-electron chi connectivity index (χ0n) is 6.79. The minimum absolute atomic E-state index is 0. The van der Waals surface area contributed by atoms with E-state index in [1.807, 2.05) is 0 Å². The van der Waals surface area contributed by atoms with E-state index < -0.39 is 27.8 Å². The molecule has 0 aromatic heterocycles. The Morgan fingerprint density at radius 2 is 1.12 bits per heavy atom. The summed E-state index contributed by atoms with van der Waals surface area (Å²) in [6.07, 6.45) is -5.19. The van der Waals surface area contributed by atoms with Gasteiger partial charge >= 0.3 is 11.7 Å². The van der Waals surface area contributed by atoms with Gasteiger partial charge in [0, 0.05) is 25.8 Å². The number of rotatable bonds is 0. The van der Waals surface area contributed by atoms with E-state index in [2.05, 4.69) is 0 Å². The van der Waals surface area contributed by atoms with E-state index in [-0.39, 0.29) is 25.8 Å². The van der Waals surface area contributed by atoms with Crippen LogP contribution < -0.4 is 5.11 Å². The summed E-state index contributed by atoms with van der Waals surface area (Å²) < 4.78 is 90.5.